The summed E-state index contributed by atoms with van der Waals surface area (Å²) < 4.78 is 46.8. The smallest absolute Gasteiger partial charge is 0.248 e. The van der Waals surface area contributed by atoms with Crippen molar-refractivity contribution in [3.8, 4) is 73.1 Å². The van der Waals surface area contributed by atoms with Crippen molar-refractivity contribution in [2.45, 2.75) is 43.7 Å². The number of fused-ring (bicyclic) bond motifs is 4. The third-order valence-corrected chi connectivity index (χ3v) is 14.8. The number of nitriles is 1. The van der Waals surface area contributed by atoms with Gasteiger partial charge in [0.15, 0.2) is 0 Å². The Hall–Kier alpha value is -6.77. The van der Waals surface area contributed by atoms with Crippen LogP contribution in [0.2, 0.25) is 0 Å². The first kappa shape index (κ1) is 37.0. The second kappa shape index (κ2) is 13.9. The average molecular weight is 811 g/mol. The van der Waals surface area contributed by atoms with Gasteiger partial charge in [-0.05, 0) is 177 Å². The fourth-order valence-corrected chi connectivity index (χ4v) is 12.5. The maximum atomic E-state index is 15.6. The summed E-state index contributed by atoms with van der Waals surface area (Å²) in [4.78, 5) is 5.21. The van der Waals surface area contributed by atoms with E-state index in [4.69, 9.17) is 4.98 Å². The van der Waals surface area contributed by atoms with Gasteiger partial charge < -0.3 is 0 Å². The molecule has 0 radical (unpaired) electrons. The number of rotatable bonds is 5. The van der Waals surface area contributed by atoms with Gasteiger partial charge in [-0.25, -0.2) is 4.98 Å². The molecule has 300 valence electrons. The number of hydrogen-bond acceptors (Lipinski definition) is 2. The molecular formula is C57H41F3N2. The van der Waals surface area contributed by atoms with Crippen LogP contribution in [0.3, 0.4) is 0 Å². The lowest BCUT2D eigenvalue weighted by Gasteiger charge is -2.61. The van der Waals surface area contributed by atoms with Crippen LogP contribution in [-0.4, -0.2) is 4.98 Å². The number of nitrogens with zero attached hydrogens (tertiary/aromatic N) is 2. The topological polar surface area (TPSA) is 36.7 Å². The number of halogens is 3. The molecule has 7 aromatic carbocycles. The van der Waals surface area contributed by atoms with Crippen LogP contribution in [0.25, 0.3) is 77.8 Å². The summed E-state index contributed by atoms with van der Waals surface area (Å²) in [6.07, 6.45) is 0.782. The first-order valence-electron chi connectivity index (χ1n) is 21.8. The zero-order valence-corrected chi connectivity index (χ0v) is 34.0. The summed E-state index contributed by atoms with van der Waals surface area (Å²) in [5, 5.41) is 12.4. The van der Waals surface area contributed by atoms with E-state index in [1.54, 1.807) is 12.1 Å². The summed E-state index contributed by atoms with van der Waals surface area (Å²) in [5.41, 5.74) is 11.0. The van der Waals surface area contributed by atoms with Crippen LogP contribution in [0.1, 0.15) is 54.4 Å². The van der Waals surface area contributed by atoms with Crippen LogP contribution < -0.4 is 0 Å². The molecule has 4 bridgehead atoms. The highest BCUT2D eigenvalue weighted by Gasteiger charge is 2.62. The van der Waals surface area contributed by atoms with Crippen LogP contribution in [0, 0.1) is 35.0 Å². The molecule has 0 amide bonds. The normalized spacial score (nSPS) is 21.8. The molecule has 8 aromatic rings. The first-order chi connectivity index (χ1) is 30.2. The van der Waals surface area contributed by atoms with Gasteiger partial charge in [-0.2, -0.15) is 18.4 Å². The molecule has 13 rings (SSSR count). The van der Waals surface area contributed by atoms with Crippen molar-refractivity contribution in [1.29, 1.82) is 5.26 Å². The molecule has 5 heteroatoms. The molecule has 4 saturated carbocycles. The zero-order chi connectivity index (χ0) is 41.7. The van der Waals surface area contributed by atoms with Gasteiger partial charge in [0.2, 0.25) is 0 Å². The van der Waals surface area contributed by atoms with Crippen LogP contribution in [0.5, 0.6) is 0 Å². The second-order valence-corrected chi connectivity index (χ2v) is 18.2. The Morgan fingerprint density at radius 2 is 1.06 bits per heavy atom. The number of aromatic nitrogens is 1. The Morgan fingerprint density at radius 1 is 0.484 bits per heavy atom. The molecule has 1 aromatic heterocycles. The first-order valence-corrected chi connectivity index (χ1v) is 21.8. The summed E-state index contributed by atoms with van der Waals surface area (Å²) in [7, 11) is 0. The molecule has 0 N–H and O–H groups in total. The highest BCUT2D eigenvalue weighted by Crippen LogP contribution is 2.70. The Morgan fingerprint density at radius 3 is 1.76 bits per heavy atom. The maximum absolute atomic E-state index is 15.6. The van der Waals surface area contributed by atoms with Crippen molar-refractivity contribution in [3.05, 3.63) is 186 Å². The molecule has 0 unspecified atom stereocenters. The number of alkyl halides is 3. The van der Waals surface area contributed by atoms with E-state index in [-0.39, 0.29) is 11.8 Å². The Balaban J connectivity index is 1.01. The van der Waals surface area contributed by atoms with E-state index in [0.717, 1.165) is 87.1 Å². The minimum atomic E-state index is -4.58. The lowest BCUT2D eigenvalue weighted by atomic mass is 9.43. The molecule has 0 atom stereocenters. The Labute approximate surface area is 359 Å². The van der Waals surface area contributed by atoms with Crippen molar-refractivity contribution in [2.24, 2.45) is 23.7 Å². The third kappa shape index (κ3) is 5.80. The van der Waals surface area contributed by atoms with Crippen LogP contribution in [-0.2, 0) is 11.6 Å². The average Bonchev–Trinajstić information content (AvgIpc) is 3.59. The SMILES string of the molecule is N#Cc1ccc2c(c1)C1(c3cc(-c4cccc(-c5cc(-c6ccccc6)nc(-c6cccc(-c7ccc8ccccc8c7)c6)c5)c4)cc(C(F)(F)F)c3-2)C2CC3CC(C2)CC1C3. The quantitative estimate of drug-likeness (QED) is 0.174. The highest BCUT2D eigenvalue weighted by molar-refractivity contribution is 5.90. The van der Waals surface area contributed by atoms with E-state index in [0.29, 0.717) is 34.1 Å². The van der Waals surface area contributed by atoms with E-state index in [2.05, 4.69) is 103 Å². The Bertz CT molecular complexity index is 3130. The predicted octanol–water partition coefficient (Wildman–Crippen LogP) is 15.2. The molecule has 4 fully saturated rings. The van der Waals surface area contributed by atoms with Gasteiger partial charge in [0.05, 0.1) is 28.6 Å². The lowest BCUT2D eigenvalue weighted by molar-refractivity contribution is -0.137. The molecule has 0 aliphatic heterocycles. The number of pyridine rings is 1. The summed E-state index contributed by atoms with van der Waals surface area (Å²) in [6, 6.07) is 56.8. The van der Waals surface area contributed by atoms with Crippen molar-refractivity contribution in [3.63, 3.8) is 0 Å². The molecule has 62 heavy (non-hydrogen) atoms. The Kier molecular flexibility index (Phi) is 8.29. The van der Waals surface area contributed by atoms with E-state index in [9.17, 15) is 5.26 Å². The van der Waals surface area contributed by atoms with Crippen LogP contribution >= 0.6 is 0 Å². The van der Waals surface area contributed by atoms with Gasteiger partial charge in [-0.15, -0.1) is 0 Å². The van der Waals surface area contributed by atoms with E-state index in [1.165, 1.54) is 23.3 Å². The van der Waals surface area contributed by atoms with Crippen molar-refractivity contribution >= 4 is 10.8 Å². The van der Waals surface area contributed by atoms with Gasteiger partial charge in [-0.1, -0.05) is 109 Å². The standard InChI is InChI=1S/C57H41F3N2/c58-57(59,60)52-30-45(29-51-55(52)49-19-16-34(33-61)25-50(49)56(51)47-21-35-20-36(23-47)24-48(56)22-35)41-13-6-14-42(27-41)46-31-53(38-9-2-1-3-10-38)62-54(32-46)44-15-7-12-40(28-44)43-18-17-37-8-4-5-11-39(37)26-43/h1-19,25-32,35-36,47-48H,20-24H2. The van der Waals surface area contributed by atoms with Gasteiger partial charge in [-0.3, -0.25) is 0 Å². The van der Waals surface area contributed by atoms with Gasteiger partial charge in [0.25, 0.3) is 0 Å². The molecular weight excluding hydrogens is 770 g/mol. The zero-order valence-electron chi connectivity index (χ0n) is 34.0. The molecule has 1 heterocycles. The lowest BCUT2D eigenvalue weighted by Crippen LogP contribution is -2.55. The van der Waals surface area contributed by atoms with Gasteiger partial charge >= 0.3 is 6.18 Å². The van der Waals surface area contributed by atoms with Crippen molar-refractivity contribution < 1.29 is 13.2 Å². The maximum Gasteiger partial charge on any atom is 0.417 e. The molecule has 0 saturated heterocycles. The van der Waals surface area contributed by atoms with Gasteiger partial charge in [0, 0.05) is 16.5 Å². The third-order valence-electron chi connectivity index (χ3n) is 14.8. The minimum absolute atomic E-state index is 0.252. The fraction of sp³-hybridized carbons (Fsp3) is 0.193. The van der Waals surface area contributed by atoms with E-state index >= 15 is 13.2 Å². The number of benzene rings is 7. The fourth-order valence-electron chi connectivity index (χ4n) is 12.5. The minimum Gasteiger partial charge on any atom is -0.248 e. The molecule has 2 nitrogen and oxygen atoms in total. The summed E-state index contributed by atoms with van der Waals surface area (Å²) in [5.74, 6) is 1.76. The summed E-state index contributed by atoms with van der Waals surface area (Å²) in [6.45, 7) is 0. The molecule has 5 aliphatic rings. The van der Waals surface area contributed by atoms with E-state index < -0.39 is 17.2 Å². The number of hydrogen-bond donors (Lipinski definition) is 0. The van der Waals surface area contributed by atoms with Crippen LogP contribution in [0.4, 0.5) is 13.2 Å². The molecule has 5 aliphatic carbocycles. The van der Waals surface area contributed by atoms with Gasteiger partial charge in [0.1, 0.15) is 0 Å². The largest absolute Gasteiger partial charge is 0.417 e. The highest BCUT2D eigenvalue weighted by atomic mass is 19.4. The monoisotopic (exact) mass is 810 g/mol. The second-order valence-electron chi connectivity index (χ2n) is 18.2. The van der Waals surface area contributed by atoms with Crippen molar-refractivity contribution in [1.82, 2.24) is 4.98 Å². The van der Waals surface area contributed by atoms with Crippen LogP contribution in [0.15, 0.2) is 164 Å². The van der Waals surface area contributed by atoms with E-state index in [1.807, 2.05) is 48.5 Å². The summed E-state index contributed by atoms with van der Waals surface area (Å²) >= 11 is 0. The molecule has 1 spiro atoms. The predicted molar refractivity (Wildman–Crippen MR) is 242 cm³/mol. The van der Waals surface area contributed by atoms with Crippen molar-refractivity contribution in [2.75, 3.05) is 0 Å².